The van der Waals surface area contributed by atoms with E-state index in [4.69, 9.17) is 8.94 Å². The number of nitrogens with one attached hydrogen (secondary N) is 1. The topological polar surface area (TPSA) is 64.1 Å². The fraction of sp³-hybridized carbons (Fsp3) is 0.455. The second kappa shape index (κ2) is 4.09. The molecule has 2 aromatic heterocycles. The van der Waals surface area contributed by atoms with Gasteiger partial charge >= 0.3 is 0 Å². The van der Waals surface area contributed by atoms with Crippen molar-refractivity contribution < 1.29 is 8.94 Å². The minimum absolute atomic E-state index is 0.411. The molecular formula is C11H13N3O2. The van der Waals surface area contributed by atoms with Crippen LogP contribution in [0, 0.1) is 0 Å². The Morgan fingerprint density at radius 3 is 2.94 bits per heavy atom. The Kier molecular flexibility index (Phi) is 2.46. The molecule has 0 atom stereocenters. The molecule has 1 aliphatic rings. The smallest absolute Gasteiger partial charge is 0.293 e. The van der Waals surface area contributed by atoms with E-state index in [1.165, 1.54) is 0 Å². The van der Waals surface area contributed by atoms with Gasteiger partial charge in [0, 0.05) is 5.92 Å². The zero-order valence-corrected chi connectivity index (χ0v) is 8.85. The lowest BCUT2D eigenvalue weighted by Gasteiger charge is -2.18. The van der Waals surface area contributed by atoms with Gasteiger partial charge < -0.3 is 14.3 Å². The zero-order valence-electron chi connectivity index (χ0n) is 8.85. The van der Waals surface area contributed by atoms with E-state index in [0.717, 1.165) is 31.8 Å². The summed E-state index contributed by atoms with van der Waals surface area (Å²) >= 11 is 0. The average Bonchev–Trinajstić information content (AvgIpc) is 3.01. The lowest BCUT2D eigenvalue weighted by atomic mass is 9.98. The minimum atomic E-state index is 0.411. The summed E-state index contributed by atoms with van der Waals surface area (Å²) in [6, 6.07) is 3.63. The number of piperidine rings is 1. The Morgan fingerprint density at radius 1 is 1.31 bits per heavy atom. The summed E-state index contributed by atoms with van der Waals surface area (Å²) in [6.45, 7) is 2.05. The van der Waals surface area contributed by atoms with E-state index in [1.54, 1.807) is 6.26 Å². The van der Waals surface area contributed by atoms with Crippen LogP contribution in [0.5, 0.6) is 0 Å². The van der Waals surface area contributed by atoms with Gasteiger partial charge in [-0.25, -0.2) is 0 Å². The van der Waals surface area contributed by atoms with Gasteiger partial charge in [-0.15, -0.1) is 0 Å². The Bertz CT molecular complexity index is 444. The molecule has 1 saturated heterocycles. The largest absolute Gasteiger partial charge is 0.459 e. The number of hydrogen-bond acceptors (Lipinski definition) is 5. The van der Waals surface area contributed by atoms with E-state index < -0.39 is 0 Å². The number of aromatic nitrogens is 2. The number of hydrogen-bond donors (Lipinski definition) is 1. The highest BCUT2D eigenvalue weighted by Gasteiger charge is 2.21. The molecule has 0 saturated carbocycles. The first-order chi connectivity index (χ1) is 7.93. The number of rotatable bonds is 2. The minimum Gasteiger partial charge on any atom is -0.459 e. The molecule has 5 heteroatoms. The SMILES string of the molecule is c1coc(-c2nc(C3CCNCC3)no2)c1. The van der Waals surface area contributed by atoms with Gasteiger partial charge in [-0.1, -0.05) is 5.16 Å². The van der Waals surface area contributed by atoms with Crippen LogP contribution in [0.15, 0.2) is 27.3 Å². The van der Waals surface area contributed by atoms with Crippen molar-refractivity contribution in [2.24, 2.45) is 0 Å². The molecule has 1 N–H and O–H groups in total. The summed E-state index contributed by atoms with van der Waals surface area (Å²) in [5.41, 5.74) is 0. The van der Waals surface area contributed by atoms with Gasteiger partial charge in [0.15, 0.2) is 11.6 Å². The molecule has 0 bridgehead atoms. The molecule has 0 aromatic carbocycles. The maximum absolute atomic E-state index is 5.21. The predicted molar refractivity (Wildman–Crippen MR) is 56.8 cm³/mol. The van der Waals surface area contributed by atoms with Crippen LogP contribution in [0.4, 0.5) is 0 Å². The van der Waals surface area contributed by atoms with E-state index >= 15 is 0 Å². The van der Waals surface area contributed by atoms with Gasteiger partial charge in [0.1, 0.15) is 0 Å². The zero-order chi connectivity index (χ0) is 10.8. The van der Waals surface area contributed by atoms with E-state index in [9.17, 15) is 0 Å². The summed E-state index contributed by atoms with van der Waals surface area (Å²) in [7, 11) is 0. The summed E-state index contributed by atoms with van der Waals surface area (Å²) in [4.78, 5) is 4.38. The van der Waals surface area contributed by atoms with Crippen molar-refractivity contribution in [2.75, 3.05) is 13.1 Å². The van der Waals surface area contributed by atoms with Crippen molar-refractivity contribution >= 4 is 0 Å². The third kappa shape index (κ3) is 1.74. The molecule has 0 aliphatic carbocycles. The Labute approximate surface area is 92.8 Å². The van der Waals surface area contributed by atoms with Crippen LogP contribution in [0.25, 0.3) is 11.7 Å². The van der Waals surface area contributed by atoms with Crippen molar-refractivity contribution in [1.29, 1.82) is 0 Å². The molecule has 1 fully saturated rings. The maximum Gasteiger partial charge on any atom is 0.293 e. The van der Waals surface area contributed by atoms with Gasteiger partial charge in [0.05, 0.1) is 6.26 Å². The first kappa shape index (κ1) is 9.59. The standard InChI is InChI=1S/C11H13N3O2/c1-2-9(15-7-1)11-13-10(14-16-11)8-3-5-12-6-4-8/h1-2,7-8,12H,3-6H2. The Morgan fingerprint density at radius 2 is 2.19 bits per heavy atom. The van der Waals surface area contributed by atoms with Gasteiger partial charge in [-0.05, 0) is 38.1 Å². The van der Waals surface area contributed by atoms with Crippen molar-refractivity contribution in [1.82, 2.24) is 15.5 Å². The molecule has 0 amide bonds. The van der Waals surface area contributed by atoms with Crippen LogP contribution in [0.2, 0.25) is 0 Å². The van der Waals surface area contributed by atoms with Gasteiger partial charge in [-0.2, -0.15) is 4.98 Å². The van der Waals surface area contributed by atoms with Crippen LogP contribution < -0.4 is 5.32 Å². The molecule has 0 spiro atoms. The monoisotopic (exact) mass is 219 g/mol. The number of nitrogens with zero attached hydrogens (tertiary/aromatic N) is 2. The molecule has 2 aromatic rings. The molecule has 1 aliphatic heterocycles. The van der Waals surface area contributed by atoms with Gasteiger partial charge in [0.25, 0.3) is 5.89 Å². The van der Waals surface area contributed by atoms with Gasteiger partial charge in [-0.3, -0.25) is 0 Å². The van der Waals surface area contributed by atoms with Crippen LogP contribution >= 0.6 is 0 Å². The normalized spacial score (nSPS) is 17.8. The van der Waals surface area contributed by atoms with Crippen LogP contribution in [0.3, 0.4) is 0 Å². The highest BCUT2D eigenvalue weighted by Crippen LogP contribution is 2.25. The van der Waals surface area contributed by atoms with Crippen molar-refractivity contribution in [2.45, 2.75) is 18.8 Å². The Hall–Kier alpha value is -1.62. The quantitative estimate of drug-likeness (QED) is 0.834. The molecule has 16 heavy (non-hydrogen) atoms. The number of furan rings is 1. The van der Waals surface area contributed by atoms with Crippen LogP contribution in [0.1, 0.15) is 24.6 Å². The lowest BCUT2D eigenvalue weighted by Crippen LogP contribution is -2.27. The summed E-state index contributed by atoms with van der Waals surface area (Å²) in [5.74, 6) is 2.31. The van der Waals surface area contributed by atoms with E-state index in [2.05, 4.69) is 15.5 Å². The van der Waals surface area contributed by atoms with Crippen molar-refractivity contribution in [3.05, 3.63) is 24.2 Å². The first-order valence-electron chi connectivity index (χ1n) is 5.51. The van der Waals surface area contributed by atoms with E-state index in [0.29, 0.717) is 17.6 Å². The first-order valence-corrected chi connectivity index (χ1v) is 5.51. The molecule has 5 nitrogen and oxygen atoms in total. The second-order valence-corrected chi connectivity index (χ2v) is 3.96. The molecule has 0 unspecified atom stereocenters. The molecule has 3 heterocycles. The second-order valence-electron chi connectivity index (χ2n) is 3.96. The van der Waals surface area contributed by atoms with Gasteiger partial charge in [0.2, 0.25) is 0 Å². The average molecular weight is 219 g/mol. The highest BCUT2D eigenvalue weighted by atomic mass is 16.5. The molecular weight excluding hydrogens is 206 g/mol. The molecule has 0 radical (unpaired) electrons. The summed E-state index contributed by atoms with van der Waals surface area (Å²) in [5, 5.41) is 7.34. The van der Waals surface area contributed by atoms with Crippen LogP contribution in [-0.4, -0.2) is 23.2 Å². The summed E-state index contributed by atoms with van der Waals surface area (Å²) < 4.78 is 10.4. The van der Waals surface area contributed by atoms with E-state index in [-0.39, 0.29) is 0 Å². The van der Waals surface area contributed by atoms with Crippen LogP contribution in [-0.2, 0) is 0 Å². The molecule has 3 rings (SSSR count). The Balaban J connectivity index is 1.82. The third-order valence-electron chi connectivity index (χ3n) is 2.88. The molecule has 84 valence electrons. The summed E-state index contributed by atoms with van der Waals surface area (Å²) in [6.07, 6.45) is 3.73. The lowest BCUT2D eigenvalue weighted by molar-refractivity contribution is 0.386. The van der Waals surface area contributed by atoms with Crippen molar-refractivity contribution in [3.8, 4) is 11.7 Å². The fourth-order valence-corrected chi connectivity index (χ4v) is 1.98. The maximum atomic E-state index is 5.21. The highest BCUT2D eigenvalue weighted by molar-refractivity contribution is 5.42. The predicted octanol–water partition coefficient (Wildman–Crippen LogP) is 1.80. The van der Waals surface area contributed by atoms with E-state index in [1.807, 2.05) is 12.1 Å². The third-order valence-corrected chi connectivity index (χ3v) is 2.88. The fourth-order valence-electron chi connectivity index (χ4n) is 1.98. The van der Waals surface area contributed by atoms with Crippen molar-refractivity contribution in [3.63, 3.8) is 0 Å².